The summed E-state index contributed by atoms with van der Waals surface area (Å²) in [5.74, 6) is 0.824. The summed E-state index contributed by atoms with van der Waals surface area (Å²) >= 11 is 6.32. The van der Waals surface area contributed by atoms with E-state index in [1.54, 1.807) is 4.68 Å². The second kappa shape index (κ2) is 7.37. The van der Waals surface area contributed by atoms with Gasteiger partial charge < -0.3 is 10.6 Å². The third kappa shape index (κ3) is 3.62. The van der Waals surface area contributed by atoms with Gasteiger partial charge in [0, 0.05) is 25.6 Å². The number of piperidine rings is 1. The van der Waals surface area contributed by atoms with Gasteiger partial charge in [0.25, 0.3) is 5.91 Å². The minimum atomic E-state index is -0.145. The maximum Gasteiger partial charge on any atom is 0.293 e. The zero-order valence-corrected chi connectivity index (χ0v) is 16.3. The van der Waals surface area contributed by atoms with Crippen molar-refractivity contribution in [3.05, 3.63) is 40.9 Å². The lowest BCUT2D eigenvalue weighted by molar-refractivity contribution is 0.0521. The number of nitrogens with two attached hydrogens (primary N) is 1. The molecular formula is C19H26ClN5O. The summed E-state index contributed by atoms with van der Waals surface area (Å²) in [5, 5.41) is 5.08. The summed E-state index contributed by atoms with van der Waals surface area (Å²) in [7, 11) is 0. The number of carbonyl (C=O) groups is 1. The highest BCUT2D eigenvalue weighted by atomic mass is 35.5. The number of hydrogen-bond donors (Lipinski definition) is 1. The van der Waals surface area contributed by atoms with E-state index in [0.29, 0.717) is 18.1 Å². The number of likely N-dealkylation sites (tertiary alicyclic amines) is 1. The normalized spacial score (nSPS) is 19.6. The summed E-state index contributed by atoms with van der Waals surface area (Å²) in [6.07, 6.45) is 2.41. The van der Waals surface area contributed by atoms with Gasteiger partial charge in [0.15, 0.2) is 0 Å². The molecule has 2 heterocycles. The van der Waals surface area contributed by atoms with Crippen LogP contribution in [0.15, 0.2) is 24.3 Å². The van der Waals surface area contributed by atoms with E-state index in [-0.39, 0.29) is 23.2 Å². The number of nitrogens with zero attached hydrogens (tertiary/aromatic N) is 4. The van der Waals surface area contributed by atoms with Crippen LogP contribution in [0, 0.1) is 5.41 Å². The van der Waals surface area contributed by atoms with Crippen LogP contribution in [0.25, 0.3) is 5.69 Å². The van der Waals surface area contributed by atoms with Crippen LogP contribution in [-0.2, 0) is 6.42 Å². The molecule has 0 bridgehead atoms. The van der Waals surface area contributed by atoms with E-state index in [9.17, 15) is 4.79 Å². The first-order chi connectivity index (χ1) is 12.3. The monoisotopic (exact) mass is 375 g/mol. The fourth-order valence-corrected chi connectivity index (χ4v) is 3.54. The molecule has 0 radical (unpaired) electrons. The predicted molar refractivity (Wildman–Crippen MR) is 103 cm³/mol. The average Bonchev–Trinajstić information content (AvgIpc) is 3.01. The number of hydrogen-bond acceptors (Lipinski definition) is 4. The lowest BCUT2D eigenvalue weighted by atomic mass is 9.79. The van der Waals surface area contributed by atoms with Crippen LogP contribution in [0.5, 0.6) is 0 Å². The van der Waals surface area contributed by atoms with Crippen molar-refractivity contribution in [1.29, 1.82) is 0 Å². The number of carbonyl (C=O) groups excluding carboxylic acids is 1. The Bertz CT molecular complexity index is 801. The highest BCUT2D eigenvalue weighted by molar-refractivity contribution is 6.32. The van der Waals surface area contributed by atoms with Crippen molar-refractivity contribution < 1.29 is 4.79 Å². The molecule has 1 aliphatic heterocycles. The van der Waals surface area contributed by atoms with E-state index in [0.717, 1.165) is 30.8 Å². The molecule has 1 aromatic heterocycles. The number of halogens is 1. The lowest BCUT2D eigenvalue weighted by Gasteiger charge is -2.42. The Kier molecular flexibility index (Phi) is 5.34. The highest BCUT2D eigenvalue weighted by Gasteiger charge is 2.36. The summed E-state index contributed by atoms with van der Waals surface area (Å²) in [4.78, 5) is 19.3. The minimum Gasteiger partial charge on any atom is -0.335 e. The van der Waals surface area contributed by atoms with E-state index in [4.69, 9.17) is 17.3 Å². The van der Waals surface area contributed by atoms with Gasteiger partial charge in [-0.15, -0.1) is 5.10 Å². The van der Waals surface area contributed by atoms with E-state index in [1.165, 1.54) is 0 Å². The molecule has 7 heteroatoms. The van der Waals surface area contributed by atoms with Crippen molar-refractivity contribution in [1.82, 2.24) is 19.7 Å². The van der Waals surface area contributed by atoms with Crippen LogP contribution in [0.2, 0.25) is 5.02 Å². The fraction of sp³-hybridized carbons (Fsp3) is 0.526. The number of amides is 1. The molecule has 1 amide bonds. The van der Waals surface area contributed by atoms with Gasteiger partial charge in [0.05, 0.1) is 10.7 Å². The molecular weight excluding hydrogens is 350 g/mol. The Morgan fingerprint density at radius 2 is 2.12 bits per heavy atom. The van der Waals surface area contributed by atoms with Gasteiger partial charge in [0.2, 0.25) is 5.82 Å². The van der Waals surface area contributed by atoms with E-state index >= 15 is 0 Å². The lowest BCUT2D eigenvalue weighted by Crippen LogP contribution is -2.54. The van der Waals surface area contributed by atoms with Crippen molar-refractivity contribution in [2.75, 3.05) is 13.1 Å². The van der Waals surface area contributed by atoms with E-state index in [2.05, 4.69) is 30.9 Å². The van der Waals surface area contributed by atoms with Crippen molar-refractivity contribution in [3.8, 4) is 5.69 Å². The van der Waals surface area contributed by atoms with Gasteiger partial charge in [-0.05, 0) is 30.4 Å². The zero-order chi connectivity index (χ0) is 18.9. The number of aromatic nitrogens is 3. The van der Waals surface area contributed by atoms with E-state index < -0.39 is 0 Å². The van der Waals surface area contributed by atoms with Gasteiger partial charge in [-0.2, -0.15) is 0 Å². The number of benzene rings is 1. The molecule has 0 saturated carbocycles. The second-order valence-corrected chi connectivity index (χ2v) is 7.98. The Hall–Kier alpha value is -1.92. The summed E-state index contributed by atoms with van der Waals surface area (Å²) in [6.45, 7) is 7.50. The van der Waals surface area contributed by atoms with Crippen LogP contribution in [0.4, 0.5) is 0 Å². The molecule has 2 aromatic rings. The van der Waals surface area contributed by atoms with Gasteiger partial charge in [-0.1, -0.05) is 44.5 Å². The van der Waals surface area contributed by atoms with Gasteiger partial charge in [-0.3, -0.25) is 4.79 Å². The molecule has 26 heavy (non-hydrogen) atoms. The fourth-order valence-electron chi connectivity index (χ4n) is 3.33. The first kappa shape index (κ1) is 18.9. The third-order valence-corrected chi connectivity index (χ3v) is 5.34. The Morgan fingerprint density at radius 1 is 1.38 bits per heavy atom. The molecule has 0 aliphatic carbocycles. The topological polar surface area (TPSA) is 77.0 Å². The van der Waals surface area contributed by atoms with Gasteiger partial charge in [0.1, 0.15) is 5.82 Å². The third-order valence-electron chi connectivity index (χ3n) is 5.02. The van der Waals surface area contributed by atoms with Crippen LogP contribution in [0.3, 0.4) is 0 Å². The molecule has 6 nitrogen and oxygen atoms in total. The quantitative estimate of drug-likeness (QED) is 0.890. The maximum atomic E-state index is 13.0. The molecule has 1 saturated heterocycles. The molecule has 1 aromatic carbocycles. The first-order valence-electron chi connectivity index (χ1n) is 9.09. The molecule has 1 atom stereocenters. The minimum absolute atomic E-state index is 0.0934. The van der Waals surface area contributed by atoms with Gasteiger partial charge in [-0.25, -0.2) is 9.67 Å². The Labute approximate surface area is 159 Å². The molecule has 0 spiro atoms. The van der Waals surface area contributed by atoms with Crippen molar-refractivity contribution >= 4 is 17.5 Å². The van der Waals surface area contributed by atoms with Crippen molar-refractivity contribution in [3.63, 3.8) is 0 Å². The standard InChI is InChI=1S/C19H26ClN5O/c1-4-7-16-22-17(23-25(16)14-9-6-5-8-13(14)20)18(26)24-11-10-15(21)19(2,3)12-24/h5-6,8-9,15H,4,7,10-12,21H2,1-3H3. The number of para-hydroxylation sites is 1. The summed E-state index contributed by atoms with van der Waals surface area (Å²) in [6, 6.07) is 7.55. The molecule has 1 unspecified atom stereocenters. The zero-order valence-electron chi connectivity index (χ0n) is 15.6. The Balaban J connectivity index is 1.93. The number of aryl methyl sites for hydroxylation is 1. The molecule has 140 valence electrons. The summed E-state index contributed by atoms with van der Waals surface area (Å²) < 4.78 is 1.69. The van der Waals surface area contributed by atoms with Crippen LogP contribution in [0.1, 0.15) is 50.1 Å². The highest BCUT2D eigenvalue weighted by Crippen LogP contribution is 2.28. The molecule has 3 rings (SSSR count). The van der Waals surface area contributed by atoms with Crippen LogP contribution >= 0.6 is 11.6 Å². The maximum absolute atomic E-state index is 13.0. The first-order valence-corrected chi connectivity index (χ1v) is 9.47. The smallest absolute Gasteiger partial charge is 0.293 e. The largest absolute Gasteiger partial charge is 0.335 e. The SMILES string of the molecule is CCCc1nc(C(=O)N2CCC(N)C(C)(C)C2)nn1-c1ccccc1Cl. The molecule has 1 aliphatic rings. The Morgan fingerprint density at radius 3 is 2.77 bits per heavy atom. The van der Waals surface area contributed by atoms with Crippen LogP contribution in [-0.4, -0.2) is 44.7 Å². The summed E-state index contributed by atoms with van der Waals surface area (Å²) in [5.41, 5.74) is 6.81. The second-order valence-electron chi connectivity index (χ2n) is 7.58. The van der Waals surface area contributed by atoms with Crippen LogP contribution < -0.4 is 5.73 Å². The van der Waals surface area contributed by atoms with Gasteiger partial charge >= 0.3 is 0 Å². The average molecular weight is 376 g/mol. The molecule has 2 N–H and O–H groups in total. The number of rotatable bonds is 4. The van der Waals surface area contributed by atoms with Crippen molar-refractivity contribution in [2.45, 2.75) is 46.1 Å². The van der Waals surface area contributed by atoms with Crippen molar-refractivity contribution in [2.24, 2.45) is 11.1 Å². The van der Waals surface area contributed by atoms with E-state index in [1.807, 2.05) is 29.2 Å². The predicted octanol–water partition coefficient (Wildman–Crippen LogP) is 3.07. The molecule has 1 fully saturated rings.